The van der Waals surface area contributed by atoms with E-state index in [1.807, 2.05) is 0 Å². The number of alkyl halides is 1. The van der Waals surface area contributed by atoms with Gasteiger partial charge in [0.05, 0.1) is 21.5 Å². The second kappa shape index (κ2) is 4.32. The highest BCUT2D eigenvalue weighted by Gasteiger charge is 2.15. The maximum absolute atomic E-state index is 13.0. The third-order valence-electron chi connectivity index (χ3n) is 1.40. The van der Waals surface area contributed by atoms with Crippen LogP contribution in [-0.2, 0) is 0 Å². The molecule has 7 heteroatoms. The minimum atomic E-state index is -1.18. The lowest BCUT2D eigenvalue weighted by Gasteiger charge is -2.04. The fourth-order valence-electron chi connectivity index (χ4n) is 0.819. The van der Waals surface area contributed by atoms with Crippen molar-refractivity contribution in [2.24, 2.45) is 0 Å². The van der Waals surface area contributed by atoms with Crippen LogP contribution in [0.2, 0.25) is 0 Å². The third kappa shape index (κ3) is 2.16. The normalized spacial score (nSPS) is 9.93. The molecule has 0 aromatic heterocycles. The van der Waals surface area contributed by atoms with Crippen molar-refractivity contribution in [3.63, 3.8) is 0 Å². The van der Waals surface area contributed by atoms with E-state index in [1.165, 1.54) is 0 Å². The Kier molecular flexibility index (Phi) is 3.34. The van der Waals surface area contributed by atoms with Crippen molar-refractivity contribution in [1.29, 1.82) is 0 Å². The zero-order chi connectivity index (χ0) is 10.7. The first-order chi connectivity index (χ1) is 6.56. The summed E-state index contributed by atoms with van der Waals surface area (Å²) in [7, 11) is 0. The molecule has 0 saturated heterocycles. The van der Waals surface area contributed by atoms with Gasteiger partial charge in [-0.1, -0.05) is 0 Å². The SMILES string of the molecule is O=[N+]([O-])c1cc(F)c(Br)c(OCF)c1. The molecule has 0 aliphatic rings. The van der Waals surface area contributed by atoms with E-state index in [0.717, 1.165) is 12.1 Å². The molecule has 0 fully saturated rings. The van der Waals surface area contributed by atoms with Crippen molar-refractivity contribution in [2.75, 3.05) is 6.86 Å². The predicted molar refractivity (Wildman–Crippen MR) is 47.4 cm³/mol. The molecule has 1 aromatic carbocycles. The van der Waals surface area contributed by atoms with Gasteiger partial charge in [0, 0.05) is 0 Å². The molecule has 0 spiro atoms. The maximum Gasteiger partial charge on any atom is 0.276 e. The van der Waals surface area contributed by atoms with Gasteiger partial charge in [0.2, 0.25) is 6.86 Å². The highest BCUT2D eigenvalue weighted by molar-refractivity contribution is 9.10. The smallest absolute Gasteiger partial charge is 0.276 e. The molecule has 76 valence electrons. The highest BCUT2D eigenvalue weighted by Crippen LogP contribution is 2.32. The molecule has 0 N–H and O–H groups in total. The molecule has 14 heavy (non-hydrogen) atoms. The van der Waals surface area contributed by atoms with Crippen LogP contribution in [0.3, 0.4) is 0 Å². The van der Waals surface area contributed by atoms with Gasteiger partial charge in [0.1, 0.15) is 11.6 Å². The minimum absolute atomic E-state index is 0.138. The topological polar surface area (TPSA) is 52.4 Å². The van der Waals surface area contributed by atoms with Gasteiger partial charge in [-0.2, -0.15) is 0 Å². The van der Waals surface area contributed by atoms with Crippen molar-refractivity contribution >= 4 is 21.6 Å². The summed E-state index contributed by atoms with van der Waals surface area (Å²) in [4.78, 5) is 9.50. The Labute approximate surface area is 85.8 Å². The van der Waals surface area contributed by atoms with Gasteiger partial charge < -0.3 is 4.74 Å². The van der Waals surface area contributed by atoms with Crippen LogP contribution in [0.4, 0.5) is 14.5 Å². The Bertz CT molecular complexity index is 372. The molecule has 0 bridgehead atoms. The molecule has 0 heterocycles. The monoisotopic (exact) mass is 267 g/mol. The Hall–Kier alpha value is -1.24. The lowest BCUT2D eigenvalue weighted by atomic mass is 10.3. The molecule has 1 aromatic rings. The maximum atomic E-state index is 13.0. The highest BCUT2D eigenvalue weighted by atomic mass is 79.9. The van der Waals surface area contributed by atoms with Crippen LogP contribution < -0.4 is 4.74 Å². The van der Waals surface area contributed by atoms with Gasteiger partial charge in [0.15, 0.2) is 0 Å². The molecule has 4 nitrogen and oxygen atoms in total. The van der Waals surface area contributed by atoms with Gasteiger partial charge in [-0.25, -0.2) is 8.78 Å². The van der Waals surface area contributed by atoms with Crippen molar-refractivity contribution in [1.82, 2.24) is 0 Å². The predicted octanol–water partition coefficient (Wildman–Crippen LogP) is 2.80. The van der Waals surface area contributed by atoms with E-state index in [2.05, 4.69) is 20.7 Å². The van der Waals surface area contributed by atoms with Crippen LogP contribution in [0.1, 0.15) is 0 Å². The van der Waals surface area contributed by atoms with Crippen LogP contribution in [-0.4, -0.2) is 11.8 Å². The zero-order valence-electron chi connectivity index (χ0n) is 6.67. The van der Waals surface area contributed by atoms with Gasteiger partial charge in [-0.15, -0.1) is 0 Å². The lowest BCUT2D eigenvalue weighted by molar-refractivity contribution is -0.385. The number of nitrogens with zero attached hydrogens (tertiary/aromatic N) is 1. The van der Waals surface area contributed by atoms with Gasteiger partial charge >= 0.3 is 0 Å². The molecule has 0 radical (unpaired) electrons. The van der Waals surface area contributed by atoms with E-state index in [0.29, 0.717) is 0 Å². The summed E-state index contributed by atoms with van der Waals surface area (Å²) >= 11 is 2.78. The average molecular weight is 268 g/mol. The Balaban J connectivity index is 3.20. The number of rotatable bonds is 3. The van der Waals surface area contributed by atoms with Crippen molar-refractivity contribution < 1.29 is 18.4 Å². The molecular formula is C7H4BrF2NO3. The van der Waals surface area contributed by atoms with Crippen molar-refractivity contribution in [3.05, 3.63) is 32.5 Å². The molecule has 1 rings (SSSR count). The number of nitro benzene ring substituents is 1. The number of nitro groups is 1. The Morgan fingerprint density at radius 2 is 2.21 bits per heavy atom. The molecule has 0 atom stereocenters. The molecular weight excluding hydrogens is 264 g/mol. The van der Waals surface area contributed by atoms with Gasteiger partial charge in [-0.3, -0.25) is 10.1 Å². The van der Waals surface area contributed by atoms with E-state index >= 15 is 0 Å². The quantitative estimate of drug-likeness (QED) is 0.625. The summed E-state index contributed by atoms with van der Waals surface area (Å²) < 4.78 is 29.0. The standard InChI is InChI=1S/C7H4BrF2NO3/c8-7-5(10)1-4(11(12)13)2-6(7)14-3-9/h1-2H,3H2. The van der Waals surface area contributed by atoms with Crippen LogP contribution >= 0.6 is 15.9 Å². The number of ether oxygens (including phenoxy) is 1. The Morgan fingerprint density at radius 1 is 1.57 bits per heavy atom. The summed E-state index contributed by atoms with van der Waals surface area (Å²) in [5.74, 6) is -1.11. The van der Waals surface area contributed by atoms with Crippen LogP contribution in [0.15, 0.2) is 16.6 Å². The second-order valence-corrected chi connectivity index (χ2v) is 3.04. The first kappa shape index (κ1) is 10.8. The molecule has 0 aliphatic carbocycles. The zero-order valence-corrected chi connectivity index (χ0v) is 8.25. The first-order valence-electron chi connectivity index (χ1n) is 3.38. The summed E-state index contributed by atoms with van der Waals surface area (Å²) in [6, 6.07) is 1.65. The van der Waals surface area contributed by atoms with Crippen LogP contribution in [0.25, 0.3) is 0 Å². The van der Waals surface area contributed by atoms with E-state index in [4.69, 9.17) is 0 Å². The van der Waals surface area contributed by atoms with Crippen molar-refractivity contribution in [2.45, 2.75) is 0 Å². The number of hydrogen-bond acceptors (Lipinski definition) is 3. The molecule has 0 unspecified atom stereocenters. The molecule has 0 saturated carbocycles. The summed E-state index contributed by atoms with van der Waals surface area (Å²) in [6.07, 6.45) is 0. The second-order valence-electron chi connectivity index (χ2n) is 2.25. The third-order valence-corrected chi connectivity index (χ3v) is 2.17. The van der Waals surface area contributed by atoms with E-state index < -0.39 is 23.3 Å². The average Bonchev–Trinajstić information content (AvgIpc) is 2.12. The number of non-ortho nitro benzene ring substituents is 1. The van der Waals surface area contributed by atoms with Gasteiger partial charge in [0.25, 0.3) is 5.69 Å². The van der Waals surface area contributed by atoms with E-state index in [1.54, 1.807) is 0 Å². The summed E-state index contributed by atoms with van der Waals surface area (Å²) in [6.45, 7) is -1.18. The summed E-state index contributed by atoms with van der Waals surface area (Å²) in [5, 5.41) is 10.3. The lowest BCUT2D eigenvalue weighted by Crippen LogP contribution is -1.96. The van der Waals surface area contributed by atoms with E-state index in [-0.39, 0.29) is 10.2 Å². The van der Waals surface area contributed by atoms with Crippen LogP contribution in [0, 0.1) is 15.9 Å². The fourth-order valence-corrected chi connectivity index (χ4v) is 1.16. The largest absolute Gasteiger partial charge is 0.461 e. The molecule has 0 amide bonds. The van der Waals surface area contributed by atoms with Crippen molar-refractivity contribution in [3.8, 4) is 5.75 Å². The number of benzene rings is 1. The summed E-state index contributed by atoms with van der Waals surface area (Å²) in [5.41, 5.74) is -0.492. The van der Waals surface area contributed by atoms with Crippen LogP contribution in [0.5, 0.6) is 5.75 Å². The Morgan fingerprint density at radius 3 is 2.71 bits per heavy atom. The number of hydrogen-bond donors (Lipinski definition) is 0. The molecule has 0 aliphatic heterocycles. The minimum Gasteiger partial charge on any atom is -0.461 e. The number of halogens is 3. The van der Waals surface area contributed by atoms with Gasteiger partial charge in [-0.05, 0) is 15.9 Å². The first-order valence-corrected chi connectivity index (χ1v) is 4.17. The van der Waals surface area contributed by atoms with E-state index in [9.17, 15) is 18.9 Å². The fraction of sp³-hybridized carbons (Fsp3) is 0.143.